The number of carbonyl (C=O) groups is 2. The van der Waals surface area contributed by atoms with Gasteiger partial charge in [0.1, 0.15) is 6.04 Å². The first kappa shape index (κ1) is 15.4. The average molecular weight is 333 g/mol. The van der Waals surface area contributed by atoms with Crippen LogP contribution >= 0.6 is 0 Å². The number of aromatic amines is 1. The molecule has 0 aliphatic carbocycles. The molecule has 25 heavy (non-hydrogen) atoms. The zero-order valence-electron chi connectivity index (χ0n) is 14.2. The van der Waals surface area contributed by atoms with Crippen LogP contribution in [0.2, 0.25) is 0 Å². The molecule has 5 nitrogen and oxygen atoms in total. The number of rotatable bonds is 3. The van der Waals surface area contributed by atoms with E-state index in [-0.39, 0.29) is 18.2 Å². The van der Waals surface area contributed by atoms with E-state index in [1.165, 1.54) is 4.90 Å². The SMILES string of the molecule is Cc1ccc(N2C(=O)C[C@@H](Nc3ccc4cc[nH]c4c3)C2=O)cc1C. The molecule has 2 heterocycles. The Hall–Kier alpha value is -3.08. The molecule has 3 aromatic rings. The van der Waals surface area contributed by atoms with Crippen LogP contribution < -0.4 is 10.2 Å². The molecule has 4 rings (SSSR count). The second-order valence-electron chi connectivity index (χ2n) is 6.52. The fourth-order valence-electron chi connectivity index (χ4n) is 3.22. The summed E-state index contributed by atoms with van der Waals surface area (Å²) in [5.41, 5.74) is 4.65. The van der Waals surface area contributed by atoms with Crippen molar-refractivity contribution in [1.82, 2.24) is 4.98 Å². The molecule has 5 heteroatoms. The number of nitrogens with one attached hydrogen (secondary N) is 2. The maximum absolute atomic E-state index is 12.8. The third kappa shape index (κ3) is 2.67. The van der Waals surface area contributed by atoms with Gasteiger partial charge in [-0.05, 0) is 60.7 Å². The standard InChI is InChI=1S/C20H19N3O2/c1-12-3-6-16(9-13(12)2)23-19(24)11-18(20(23)25)22-15-5-4-14-7-8-21-17(14)10-15/h3-10,18,21-22H,11H2,1-2H3/t18-/m1/s1. The van der Waals surface area contributed by atoms with E-state index in [0.29, 0.717) is 5.69 Å². The minimum atomic E-state index is -0.540. The van der Waals surface area contributed by atoms with Crippen molar-refractivity contribution in [2.24, 2.45) is 0 Å². The Morgan fingerprint density at radius 3 is 2.68 bits per heavy atom. The monoisotopic (exact) mass is 333 g/mol. The topological polar surface area (TPSA) is 65.2 Å². The van der Waals surface area contributed by atoms with Crippen LogP contribution in [0.4, 0.5) is 11.4 Å². The van der Waals surface area contributed by atoms with Crippen LogP contribution in [0.25, 0.3) is 10.9 Å². The van der Waals surface area contributed by atoms with Crippen LogP contribution in [0.15, 0.2) is 48.7 Å². The fraction of sp³-hybridized carbons (Fsp3) is 0.200. The molecule has 0 spiro atoms. The smallest absolute Gasteiger partial charge is 0.256 e. The average Bonchev–Trinajstić information content (AvgIpc) is 3.15. The van der Waals surface area contributed by atoms with E-state index in [0.717, 1.165) is 27.7 Å². The van der Waals surface area contributed by atoms with Crippen molar-refractivity contribution < 1.29 is 9.59 Å². The van der Waals surface area contributed by atoms with Gasteiger partial charge in [0.2, 0.25) is 5.91 Å². The zero-order chi connectivity index (χ0) is 17.6. The first-order chi connectivity index (χ1) is 12.0. The maximum atomic E-state index is 12.8. The normalized spacial score (nSPS) is 17.5. The number of imide groups is 1. The van der Waals surface area contributed by atoms with E-state index in [2.05, 4.69) is 10.3 Å². The van der Waals surface area contributed by atoms with E-state index in [1.807, 2.05) is 62.5 Å². The number of aryl methyl sites for hydroxylation is 2. The Kier molecular flexibility index (Phi) is 3.57. The molecule has 1 aromatic heterocycles. The van der Waals surface area contributed by atoms with Crippen molar-refractivity contribution >= 4 is 34.1 Å². The molecule has 2 aromatic carbocycles. The van der Waals surface area contributed by atoms with Gasteiger partial charge in [0.05, 0.1) is 12.1 Å². The van der Waals surface area contributed by atoms with Crippen LogP contribution in [-0.4, -0.2) is 22.8 Å². The third-order valence-electron chi connectivity index (χ3n) is 4.79. The van der Waals surface area contributed by atoms with E-state index < -0.39 is 6.04 Å². The highest BCUT2D eigenvalue weighted by atomic mass is 16.2. The number of carbonyl (C=O) groups excluding carboxylic acids is 2. The number of aromatic nitrogens is 1. The van der Waals surface area contributed by atoms with Crippen LogP contribution in [0.1, 0.15) is 17.5 Å². The molecule has 1 saturated heterocycles. The number of amides is 2. The van der Waals surface area contributed by atoms with E-state index in [9.17, 15) is 9.59 Å². The molecular formula is C20H19N3O2. The van der Waals surface area contributed by atoms with Crippen LogP contribution in [0, 0.1) is 13.8 Å². The summed E-state index contributed by atoms with van der Waals surface area (Å²) < 4.78 is 0. The summed E-state index contributed by atoms with van der Waals surface area (Å²) in [6.45, 7) is 3.99. The highest BCUT2D eigenvalue weighted by Crippen LogP contribution is 2.27. The van der Waals surface area contributed by atoms with Crippen molar-refractivity contribution in [3.8, 4) is 0 Å². The number of hydrogen-bond acceptors (Lipinski definition) is 3. The Bertz CT molecular complexity index is 990. The lowest BCUT2D eigenvalue weighted by Crippen LogP contribution is -2.34. The highest BCUT2D eigenvalue weighted by Gasteiger charge is 2.39. The van der Waals surface area contributed by atoms with Crippen LogP contribution in [0.5, 0.6) is 0 Å². The van der Waals surface area contributed by atoms with Crippen molar-refractivity contribution in [3.63, 3.8) is 0 Å². The van der Waals surface area contributed by atoms with Crippen LogP contribution in [0.3, 0.4) is 0 Å². The second kappa shape index (κ2) is 5.77. The number of fused-ring (bicyclic) bond motifs is 1. The molecule has 1 aliphatic heterocycles. The fourth-order valence-corrected chi connectivity index (χ4v) is 3.22. The summed E-state index contributed by atoms with van der Waals surface area (Å²) in [6, 6.07) is 13.0. The van der Waals surface area contributed by atoms with Gasteiger partial charge in [0.25, 0.3) is 5.91 Å². The quantitative estimate of drug-likeness (QED) is 0.721. The minimum Gasteiger partial charge on any atom is -0.373 e. The number of nitrogens with zero attached hydrogens (tertiary/aromatic N) is 1. The molecule has 0 unspecified atom stereocenters. The molecule has 2 amide bonds. The summed E-state index contributed by atoms with van der Waals surface area (Å²) in [5.74, 6) is -0.383. The van der Waals surface area contributed by atoms with Gasteiger partial charge >= 0.3 is 0 Å². The molecule has 0 bridgehead atoms. The Morgan fingerprint density at radius 2 is 1.88 bits per heavy atom. The van der Waals surface area contributed by atoms with Crippen LogP contribution in [-0.2, 0) is 9.59 Å². The lowest BCUT2D eigenvalue weighted by Gasteiger charge is -2.17. The minimum absolute atomic E-state index is 0.161. The molecule has 0 radical (unpaired) electrons. The number of H-pyrrole nitrogens is 1. The zero-order valence-corrected chi connectivity index (χ0v) is 14.2. The van der Waals surface area contributed by atoms with Gasteiger partial charge in [0.15, 0.2) is 0 Å². The van der Waals surface area contributed by atoms with Crippen molar-refractivity contribution in [3.05, 3.63) is 59.8 Å². The third-order valence-corrected chi connectivity index (χ3v) is 4.79. The lowest BCUT2D eigenvalue weighted by molar-refractivity contribution is -0.121. The van der Waals surface area contributed by atoms with Crippen molar-refractivity contribution in [1.29, 1.82) is 0 Å². The number of hydrogen-bond donors (Lipinski definition) is 2. The maximum Gasteiger partial charge on any atom is 0.256 e. The largest absolute Gasteiger partial charge is 0.373 e. The summed E-state index contributed by atoms with van der Waals surface area (Å²) in [4.78, 5) is 29.6. The van der Waals surface area contributed by atoms with Gasteiger partial charge in [-0.2, -0.15) is 0 Å². The Balaban J connectivity index is 1.58. The van der Waals surface area contributed by atoms with E-state index in [1.54, 1.807) is 0 Å². The first-order valence-electron chi connectivity index (χ1n) is 8.30. The molecule has 2 N–H and O–H groups in total. The Morgan fingerprint density at radius 1 is 1.04 bits per heavy atom. The summed E-state index contributed by atoms with van der Waals surface area (Å²) in [6.07, 6.45) is 2.04. The van der Waals surface area contributed by atoms with E-state index in [4.69, 9.17) is 0 Å². The highest BCUT2D eigenvalue weighted by molar-refractivity contribution is 6.23. The van der Waals surface area contributed by atoms with Crippen molar-refractivity contribution in [2.75, 3.05) is 10.2 Å². The Labute approximate surface area is 145 Å². The lowest BCUT2D eigenvalue weighted by atomic mass is 10.1. The molecular weight excluding hydrogens is 314 g/mol. The van der Waals surface area contributed by atoms with Gasteiger partial charge < -0.3 is 10.3 Å². The van der Waals surface area contributed by atoms with Gasteiger partial charge in [-0.3, -0.25) is 9.59 Å². The number of anilines is 2. The van der Waals surface area contributed by atoms with Gasteiger partial charge in [-0.15, -0.1) is 0 Å². The first-order valence-corrected chi connectivity index (χ1v) is 8.30. The molecule has 126 valence electrons. The van der Waals surface area contributed by atoms with Gasteiger partial charge in [-0.1, -0.05) is 12.1 Å². The molecule has 1 atom stereocenters. The van der Waals surface area contributed by atoms with Gasteiger partial charge in [0, 0.05) is 17.4 Å². The predicted molar refractivity (Wildman–Crippen MR) is 98.7 cm³/mol. The summed E-state index contributed by atoms with van der Waals surface area (Å²) in [5, 5.41) is 4.30. The van der Waals surface area contributed by atoms with E-state index >= 15 is 0 Å². The predicted octanol–water partition coefficient (Wildman–Crippen LogP) is 3.53. The summed E-state index contributed by atoms with van der Waals surface area (Å²) >= 11 is 0. The second-order valence-corrected chi connectivity index (χ2v) is 6.52. The molecule has 0 saturated carbocycles. The molecule has 1 aliphatic rings. The number of benzene rings is 2. The van der Waals surface area contributed by atoms with Gasteiger partial charge in [-0.25, -0.2) is 4.90 Å². The van der Waals surface area contributed by atoms with Crippen molar-refractivity contribution in [2.45, 2.75) is 26.3 Å². The summed E-state index contributed by atoms with van der Waals surface area (Å²) in [7, 11) is 0. The molecule has 1 fully saturated rings.